The van der Waals surface area contributed by atoms with Gasteiger partial charge in [-0.25, -0.2) is 34.3 Å². The monoisotopic (exact) mass is 1460 g/mol. The zero-order chi connectivity index (χ0) is 77.0. The maximum atomic E-state index is 12.6. The number of methoxy groups -OCH3 is 3. The molecule has 28 heteroatoms. The van der Waals surface area contributed by atoms with Crippen molar-refractivity contribution < 1.29 is 67.4 Å². The fraction of sp³-hybridized carbons (Fsp3) is 0.462. The second kappa shape index (κ2) is 41.7. The van der Waals surface area contributed by atoms with Crippen molar-refractivity contribution in [2.45, 2.75) is 109 Å². The Kier molecular flexibility index (Phi) is 32.8. The Balaban J connectivity index is 0.000000253. The van der Waals surface area contributed by atoms with Gasteiger partial charge >= 0.3 is 17.9 Å². The Bertz CT molecular complexity index is 3840. The van der Waals surface area contributed by atoms with Crippen molar-refractivity contribution in [3.63, 3.8) is 0 Å². The highest BCUT2D eigenvalue weighted by molar-refractivity contribution is 5.92. The Morgan fingerprint density at radius 3 is 0.830 bits per heavy atom. The third-order valence-electron chi connectivity index (χ3n) is 17.3. The van der Waals surface area contributed by atoms with Gasteiger partial charge in [-0.3, -0.25) is 44.2 Å². The number of ether oxygens (including phenoxy) is 6. The summed E-state index contributed by atoms with van der Waals surface area (Å²) in [5.74, 6) is -1.89. The predicted octanol–water partition coefficient (Wildman–Crippen LogP) is 5.20. The summed E-state index contributed by atoms with van der Waals surface area (Å²) < 4.78 is 31.1. The lowest BCUT2D eigenvalue weighted by atomic mass is 10.2. The van der Waals surface area contributed by atoms with Gasteiger partial charge in [0.2, 0.25) is 0 Å². The number of pyridine rings is 6. The molecule has 2 aliphatic heterocycles. The van der Waals surface area contributed by atoms with Crippen molar-refractivity contribution >= 4 is 35.8 Å². The lowest BCUT2D eigenvalue weighted by Gasteiger charge is -2.26. The molecule has 0 bridgehead atoms. The summed E-state index contributed by atoms with van der Waals surface area (Å²) in [5, 5.41) is 25.8. The van der Waals surface area contributed by atoms with Gasteiger partial charge in [-0.15, -0.1) is 0 Å². The molecule has 1 amide bonds. The van der Waals surface area contributed by atoms with Gasteiger partial charge in [0.1, 0.15) is 40.0 Å². The first-order chi connectivity index (χ1) is 50.8. The molecule has 7 aromatic rings. The fourth-order valence-corrected chi connectivity index (χ4v) is 12.3. The smallest absolute Gasteiger partial charge is 0.356 e. The van der Waals surface area contributed by atoms with E-state index in [4.69, 9.17) is 34.2 Å². The Labute approximate surface area is 621 Å². The number of hydrogen-bond donors (Lipinski definition) is 2. The van der Waals surface area contributed by atoms with Crippen LogP contribution in [0.15, 0.2) is 84.9 Å². The number of hydrogen-bond acceptors (Lipinski definition) is 27. The molecule has 6 aromatic heterocycles. The summed E-state index contributed by atoms with van der Waals surface area (Å²) in [6.45, 7) is 31.9. The second-order valence-electron chi connectivity index (χ2n) is 26.2. The lowest BCUT2D eigenvalue weighted by Crippen LogP contribution is -2.36. The van der Waals surface area contributed by atoms with E-state index < -0.39 is 29.8 Å². The average Bonchev–Trinajstić information content (AvgIpc) is 1.13. The number of nitrogens with two attached hydrogens (primary N) is 1. The highest BCUT2D eigenvalue weighted by Crippen LogP contribution is 2.33. The third-order valence-corrected chi connectivity index (χ3v) is 17.3. The second-order valence-corrected chi connectivity index (χ2v) is 26.2. The van der Waals surface area contributed by atoms with Crippen molar-refractivity contribution in [1.82, 2.24) is 64.6 Å². The van der Waals surface area contributed by atoms with Crippen LogP contribution < -0.4 is 35.5 Å². The first-order valence-corrected chi connectivity index (χ1v) is 35.7. The van der Waals surface area contributed by atoms with Crippen LogP contribution in [0.5, 0.6) is 17.2 Å². The van der Waals surface area contributed by atoms with E-state index in [9.17, 15) is 39.0 Å². The fourth-order valence-electron chi connectivity index (χ4n) is 12.3. The van der Waals surface area contributed by atoms with Crippen molar-refractivity contribution in [3.05, 3.63) is 192 Å². The van der Waals surface area contributed by atoms with E-state index in [1.807, 2.05) is 97.0 Å². The molecule has 9 rings (SSSR count). The lowest BCUT2D eigenvalue weighted by molar-refractivity contribution is -0.256. The SMILES string of the molecule is CCOC(=O)c1cc(C)cc(CN2CCN(Cc3cc(C)cc(C(=O)OCC)n3)CCN(Cc3cc(C)cc(C(=O)OCC)n3)CC2)n1.COc1cc(OC)c(C)c(OC)c1.Cc1cc(CN2CCN(Cc3cc(C)cc(C(=O)[O-])n3)CCN(Cc3cc(C)cc(C(=O)NCCN)n3)CC2)nc(C(=O)[O-])c1. The third kappa shape index (κ3) is 26.6. The van der Waals surface area contributed by atoms with Crippen LogP contribution in [0, 0.1) is 48.5 Å². The van der Waals surface area contributed by atoms with Crippen molar-refractivity contribution in [2.24, 2.45) is 5.73 Å². The summed E-state index contributed by atoms with van der Waals surface area (Å²) in [6, 6.07) is 25.4. The number of carboxylic acid groups (broad SMARTS) is 2. The molecule has 8 heterocycles. The molecular formula is C78H102N14O14-2. The molecule has 0 aliphatic carbocycles. The normalized spacial score (nSPS) is 14.4. The zero-order valence-electron chi connectivity index (χ0n) is 63.5. The molecule has 0 spiro atoms. The van der Waals surface area contributed by atoms with Gasteiger partial charge < -0.3 is 59.3 Å². The number of aromatic carboxylic acids is 2. The molecule has 0 saturated carbocycles. The molecule has 570 valence electrons. The molecule has 2 aliphatic rings. The summed E-state index contributed by atoms with van der Waals surface area (Å²) in [6.07, 6.45) is 0. The predicted molar refractivity (Wildman–Crippen MR) is 394 cm³/mol. The first-order valence-electron chi connectivity index (χ1n) is 35.7. The van der Waals surface area contributed by atoms with Crippen LogP contribution >= 0.6 is 0 Å². The zero-order valence-corrected chi connectivity index (χ0v) is 63.5. The largest absolute Gasteiger partial charge is 0.543 e. The molecular weight excluding hydrogens is 1360 g/mol. The number of nitrogens with zero attached hydrogens (tertiary/aromatic N) is 12. The van der Waals surface area contributed by atoms with E-state index in [-0.39, 0.29) is 37.1 Å². The van der Waals surface area contributed by atoms with Gasteiger partial charge in [-0.05, 0) is 175 Å². The minimum Gasteiger partial charge on any atom is -0.543 e. The molecule has 0 radical (unpaired) electrons. The molecule has 106 heavy (non-hydrogen) atoms. The minimum atomic E-state index is -1.31. The molecule has 0 atom stereocenters. The van der Waals surface area contributed by atoms with Gasteiger partial charge in [-0.2, -0.15) is 0 Å². The van der Waals surface area contributed by atoms with Gasteiger partial charge in [0.15, 0.2) is 0 Å². The maximum absolute atomic E-state index is 12.6. The first kappa shape index (κ1) is 83.3. The average molecular weight is 1460 g/mol. The summed E-state index contributed by atoms with van der Waals surface area (Å²) >= 11 is 0. The summed E-state index contributed by atoms with van der Waals surface area (Å²) in [4.78, 5) is 114. The number of esters is 3. The van der Waals surface area contributed by atoms with E-state index in [0.29, 0.717) is 126 Å². The number of rotatable bonds is 26. The van der Waals surface area contributed by atoms with E-state index >= 15 is 0 Å². The standard InChI is InChI=1S/C36H48N6O6.C32H42N8O5.C10H14O3/c1-7-46-34(43)31-19-25(4)16-28(37-31)22-40-10-12-41(23-29-17-26(5)20-32(38-29)35(44)47-8-2)14-15-42(13-11-40)24-30-18-27(6)21-33(39-30)36(45)48-9-3;1-21-12-24(35-27(15-21)30(41)34-5-4-33)18-38-6-8-39(19-25-13-22(2)16-28(36-25)31(42)43)10-11-40(9-7-38)20-26-14-23(3)17-29(37-26)32(44)45;1-7-9(12-3)5-8(11-2)6-10(7)13-4/h16-21H,7-15,22-24H2,1-6H3;12-17H,4-11,18-20,33H2,1-3H3,(H,34,41)(H,42,43)(H,44,45);5-6H,1-4H3/p-2. The highest BCUT2D eigenvalue weighted by Gasteiger charge is 2.24. The molecule has 1 aromatic carbocycles. The molecule has 0 unspecified atom stereocenters. The minimum absolute atomic E-state index is 0.0939. The number of carbonyl (C=O) groups excluding carboxylic acids is 6. The number of benzene rings is 1. The van der Waals surface area contributed by atoms with Gasteiger partial charge in [0.25, 0.3) is 5.91 Å². The number of aryl methyl sites for hydroxylation is 6. The van der Waals surface area contributed by atoms with Crippen LogP contribution in [0.25, 0.3) is 0 Å². The van der Waals surface area contributed by atoms with Crippen LogP contribution in [0.3, 0.4) is 0 Å². The molecule has 2 fully saturated rings. The van der Waals surface area contributed by atoms with E-state index in [0.717, 1.165) is 118 Å². The van der Waals surface area contributed by atoms with Crippen molar-refractivity contribution in [1.29, 1.82) is 0 Å². The summed E-state index contributed by atoms with van der Waals surface area (Å²) in [7, 11) is 4.87. The maximum Gasteiger partial charge on any atom is 0.356 e. The van der Waals surface area contributed by atoms with Crippen LogP contribution in [-0.4, -0.2) is 228 Å². The number of aromatic nitrogens is 6. The summed E-state index contributed by atoms with van der Waals surface area (Å²) in [5.41, 5.74) is 17.4. The molecule has 2 saturated heterocycles. The highest BCUT2D eigenvalue weighted by atomic mass is 16.5. The van der Waals surface area contributed by atoms with Gasteiger partial charge in [-0.1, -0.05) is 0 Å². The van der Waals surface area contributed by atoms with E-state index in [1.54, 1.807) is 66.4 Å². The van der Waals surface area contributed by atoms with Crippen LogP contribution in [0.1, 0.15) is 157 Å². The number of carbonyl (C=O) groups is 6. The van der Waals surface area contributed by atoms with Gasteiger partial charge in [0.05, 0.1) is 98.6 Å². The number of carboxylic acids is 2. The van der Waals surface area contributed by atoms with Crippen LogP contribution in [0.2, 0.25) is 0 Å². The van der Waals surface area contributed by atoms with E-state index in [2.05, 4.69) is 64.6 Å². The van der Waals surface area contributed by atoms with Crippen molar-refractivity contribution in [3.8, 4) is 17.2 Å². The quantitative estimate of drug-likeness (QED) is 0.0519. The Morgan fingerprint density at radius 2 is 0.604 bits per heavy atom. The number of nitrogens with one attached hydrogen (secondary N) is 1. The topological polar surface area (TPSA) is 339 Å². The van der Waals surface area contributed by atoms with Crippen molar-refractivity contribution in [2.75, 3.05) is 133 Å². The number of amides is 1. The Hall–Kier alpha value is -9.94. The van der Waals surface area contributed by atoms with Crippen LogP contribution in [-0.2, 0) is 53.5 Å². The molecule has 3 N–H and O–H groups in total. The van der Waals surface area contributed by atoms with E-state index in [1.165, 1.54) is 12.1 Å². The van der Waals surface area contributed by atoms with Crippen LogP contribution in [0.4, 0.5) is 0 Å². The van der Waals surface area contributed by atoms with Gasteiger partial charge in [0, 0.05) is 149 Å². The Morgan fingerprint density at radius 1 is 0.368 bits per heavy atom. The molecule has 28 nitrogen and oxygen atoms in total.